The summed E-state index contributed by atoms with van der Waals surface area (Å²) >= 11 is 0. The van der Waals surface area contributed by atoms with Gasteiger partial charge >= 0.3 is 0 Å². The highest BCUT2D eigenvalue weighted by Gasteiger charge is 2.18. The van der Waals surface area contributed by atoms with Crippen molar-refractivity contribution < 1.29 is 10.2 Å². The number of likely N-dealkylation sites (tertiary alicyclic amines) is 1. The van der Waals surface area contributed by atoms with E-state index in [0.717, 1.165) is 36.7 Å². The first-order valence-electron chi connectivity index (χ1n) is 8.42. The number of hydrogen-bond acceptors (Lipinski definition) is 4. The average Bonchev–Trinajstić information content (AvgIpc) is 2.55. The molecule has 1 aliphatic rings. The van der Waals surface area contributed by atoms with E-state index in [-0.39, 0.29) is 18.8 Å². The van der Waals surface area contributed by atoms with Gasteiger partial charge in [0, 0.05) is 19.1 Å². The summed E-state index contributed by atoms with van der Waals surface area (Å²) in [6.45, 7) is 8.01. The number of nitrogens with one attached hydrogen (secondary N) is 1. The monoisotopic (exact) mass is 306 g/mol. The number of aliphatic hydroxyl groups excluding tert-OH is 2. The van der Waals surface area contributed by atoms with Crippen molar-refractivity contribution >= 4 is 0 Å². The number of piperidine rings is 1. The lowest BCUT2D eigenvalue weighted by atomic mass is 9.99. The highest BCUT2D eigenvalue weighted by molar-refractivity contribution is 5.25. The van der Waals surface area contributed by atoms with Crippen molar-refractivity contribution in [2.45, 2.75) is 45.4 Å². The number of rotatable bonds is 7. The van der Waals surface area contributed by atoms with Gasteiger partial charge in [0.15, 0.2) is 0 Å². The SMILES string of the molecule is CC1CCN(CC(O)CNC(C)c2cccc(CO)c2)CC1. The van der Waals surface area contributed by atoms with E-state index in [1.54, 1.807) is 0 Å². The summed E-state index contributed by atoms with van der Waals surface area (Å²) in [6, 6.07) is 8.11. The van der Waals surface area contributed by atoms with Crippen LogP contribution < -0.4 is 5.32 Å². The lowest BCUT2D eigenvalue weighted by Gasteiger charge is -2.32. The molecule has 1 fully saturated rings. The molecule has 22 heavy (non-hydrogen) atoms. The quantitative estimate of drug-likeness (QED) is 0.720. The summed E-state index contributed by atoms with van der Waals surface area (Å²) in [5.41, 5.74) is 2.07. The smallest absolute Gasteiger partial charge is 0.0791 e. The van der Waals surface area contributed by atoms with Gasteiger partial charge in [0.05, 0.1) is 12.7 Å². The third kappa shape index (κ3) is 5.36. The molecule has 1 aromatic carbocycles. The number of β-amino-alcohol motifs (C(OH)–C–C–N with tert-alkyl or cyclic N) is 1. The summed E-state index contributed by atoms with van der Waals surface area (Å²) < 4.78 is 0. The Labute approximate surface area is 134 Å². The Hall–Kier alpha value is -0.940. The largest absolute Gasteiger partial charge is 0.392 e. The van der Waals surface area contributed by atoms with Gasteiger partial charge in [-0.05, 0) is 49.9 Å². The fourth-order valence-corrected chi connectivity index (χ4v) is 3.00. The summed E-state index contributed by atoms with van der Waals surface area (Å²) in [6.07, 6.45) is 2.14. The van der Waals surface area contributed by atoms with Crippen molar-refractivity contribution in [2.24, 2.45) is 5.92 Å². The maximum Gasteiger partial charge on any atom is 0.0791 e. The molecule has 2 rings (SSSR count). The maximum atomic E-state index is 10.2. The summed E-state index contributed by atoms with van der Waals surface area (Å²) in [4.78, 5) is 2.36. The van der Waals surface area contributed by atoms with Gasteiger partial charge in [-0.2, -0.15) is 0 Å². The van der Waals surface area contributed by atoms with Gasteiger partial charge in [-0.15, -0.1) is 0 Å². The van der Waals surface area contributed by atoms with Crippen LogP contribution in [0, 0.1) is 5.92 Å². The van der Waals surface area contributed by atoms with Gasteiger partial charge in [0.1, 0.15) is 0 Å². The molecule has 0 amide bonds. The van der Waals surface area contributed by atoms with Crippen LogP contribution in [0.2, 0.25) is 0 Å². The zero-order valence-electron chi connectivity index (χ0n) is 13.8. The van der Waals surface area contributed by atoms with Crippen LogP contribution in [0.3, 0.4) is 0 Å². The Bertz CT molecular complexity index is 444. The van der Waals surface area contributed by atoms with Crippen LogP contribution in [0.25, 0.3) is 0 Å². The maximum absolute atomic E-state index is 10.2. The van der Waals surface area contributed by atoms with Gasteiger partial charge in [0.2, 0.25) is 0 Å². The molecule has 3 N–H and O–H groups in total. The molecule has 4 nitrogen and oxygen atoms in total. The fourth-order valence-electron chi connectivity index (χ4n) is 3.00. The highest BCUT2D eigenvalue weighted by atomic mass is 16.3. The Morgan fingerprint density at radius 1 is 1.32 bits per heavy atom. The van der Waals surface area contributed by atoms with Crippen LogP contribution in [0.4, 0.5) is 0 Å². The van der Waals surface area contributed by atoms with Crippen LogP contribution in [-0.2, 0) is 6.61 Å². The molecule has 2 unspecified atom stereocenters. The van der Waals surface area contributed by atoms with Gasteiger partial charge in [-0.1, -0.05) is 31.2 Å². The minimum Gasteiger partial charge on any atom is -0.392 e. The first-order chi connectivity index (χ1) is 10.6. The van der Waals surface area contributed by atoms with Crippen molar-refractivity contribution in [3.63, 3.8) is 0 Å². The molecule has 1 aliphatic heterocycles. The van der Waals surface area contributed by atoms with Crippen LogP contribution in [0.15, 0.2) is 24.3 Å². The van der Waals surface area contributed by atoms with Crippen molar-refractivity contribution in [1.29, 1.82) is 0 Å². The second-order valence-electron chi connectivity index (χ2n) is 6.67. The van der Waals surface area contributed by atoms with Crippen molar-refractivity contribution in [3.05, 3.63) is 35.4 Å². The van der Waals surface area contributed by atoms with Gasteiger partial charge in [0.25, 0.3) is 0 Å². The van der Waals surface area contributed by atoms with E-state index in [4.69, 9.17) is 0 Å². The minimum absolute atomic E-state index is 0.0660. The molecular weight excluding hydrogens is 276 g/mol. The van der Waals surface area contributed by atoms with Gasteiger partial charge in [-0.25, -0.2) is 0 Å². The minimum atomic E-state index is -0.336. The van der Waals surface area contributed by atoms with Crippen LogP contribution in [0.1, 0.15) is 43.9 Å². The second-order valence-corrected chi connectivity index (χ2v) is 6.67. The third-order valence-electron chi connectivity index (χ3n) is 4.64. The van der Waals surface area contributed by atoms with E-state index in [0.29, 0.717) is 6.54 Å². The van der Waals surface area contributed by atoms with Gasteiger partial charge in [-0.3, -0.25) is 0 Å². The van der Waals surface area contributed by atoms with E-state index < -0.39 is 0 Å². The molecule has 0 bridgehead atoms. The summed E-state index contributed by atoms with van der Waals surface area (Å²) in [7, 11) is 0. The van der Waals surface area contributed by atoms with Gasteiger partial charge < -0.3 is 20.4 Å². The Morgan fingerprint density at radius 2 is 2.05 bits per heavy atom. The molecule has 124 valence electrons. The Kier molecular flexibility index (Phi) is 6.83. The molecule has 0 aromatic heterocycles. The highest BCUT2D eigenvalue weighted by Crippen LogP contribution is 2.17. The molecule has 0 aliphatic carbocycles. The Balaban J connectivity index is 1.74. The zero-order valence-corrected chi connectivity index (χ0v) is 13.8. The van der Waals surface area contributed by atoms with E-state index in [1.165, 1.54) is 12.8 Å². The van der Waals surface area contributed by atoms with Crippen LogP contribution in [0.5, 0.6) is 0 Å². The molecule has 1 heterocycles. The topological polar surface area (TPSA) is 55.7 Å². The van der Waals surface area contributed by atoms with Crippen molar-refractivity contribution in [2.75, 3.05) is 26.2 Å². The standard InChI is InChI=1S/C18H30N2O2/c1-14-6-8-20(9-7-14)12-18(22)11-19-15(2)17-5-3-4-16(10-17)13-21/h3-5,10,14-15,18-19,21-22H,6-9,11-13H2,1-2H3. The Morgan fingerprint density at radius 3 is 2.73 bits per heavy atom. The van der Waals surface area contributed by atoms with E-state index in [1.807, 2.05) is 18.2 Å². The molecule has 1 saturated heterocycles. The lowest BCUT2D eigenvalue weighted by molar-refractivity contribution is 0.0892. The predicted molar refractivity (Wildman–Crippen MR) is 89.6 cm³/mol. The predicted octanol–water partition coefficient (Wildman–Crippen LogP) is 1.92. The summed E-state index contributed by atoms with van der Waals surface area (Å²) in [5.74, 6) is 0.824. The molecule has 0 radical (unpaired) electrons. The summed E-state index contributed by atoms with van der Waals surface area (Å²) in [5, 5.41) is 22.8. The number of benzene rings is 1. The molecule has 4 heteroatoms. The van der Waals surface area contributed by atoms with Crippen LogP contribution >= 0.6 is 0 Å². The first kappa shape index (κ1) is 17.4. The molecule has 0 saturated carbocycles. The zero-order chi connectivity index (χ0) is 15.9. The second kappa shape index (κ2) is 8.63. The molecular formula is C18H30N2O2. The molecule has 1 aromatic rings. The fraction of sp³-hybridized carbons (Fsp3) is 0.667. The van der Waals surface area contributed by atoms with E-state index >= 15 is 0 Å². The van der Waals surface area contributed by atoms with Crippen molar-refractivity contribution in [1.82, 2.24) is 10.2 Å². The van der Waals surface area contributed by atoms with Crippen LogP contribution in [-0.4, -0.2) is 47.4 Å². The first-order valence-corrected chi connectivity index (χ1v) is 8.42. The molecule has 0 spiro atoms. The van der Waals surface area contributed by atoms with Crippen molar-refractivity contribution in [3.8, 4) is 0 Å². The number of aliphatic hydroxyl groups is 2. The number of nitrogens with zero attached hydrogens (tertiary/aromatic N) is 1. The lowest BCUT2D eigenvalue weighted by Crippen LogP contribution is -2.42. The normalized spacial score (nSPS) is 20.0. The van der Waals surface area contributed by atoms with E-state index in [2.05, 4.69) is 30.1 Å². The average molecular weight is 306 g/mol. The molecule has 2 atom stereocenters. The number of hydrogen-bond donors (Lipinski definition) is 3. The van der Waals surface area contributed by atoms with E-state index in [9.17, 15) is 10.2 Å². The third-order valence-corrected chi connectivity index (χ3v) is 4.64.